The molecule has 0 saturated carbocycles. The number of rotatable bonds is 9. The molecule has 2 fully saturated rings. The maximum absolute atomic E-state index is 12.9. The van der Waals surface area contributed by atoms with Gasteiger partial charge in [0, 0.05) is 30.1 Å². The number of H-pyrrole nitrogens is 1. The van der Waals surface area contributed by atoms with Gasteiger partial charge in [0.05, 0.1) is 12.6 Å². The second-order valence-electron chi connectivity index (χ2n) is 9.05. The molecule has 3 amide bonds. The second kappa shape index (κ2) is 10.9. The van der Waals surface area contributed by atoms with Crippen molar-refractivity contribution in [3.63, 3.8) is 0 Å². The van der Waals surface area contributed by atoms with E-state index in [9.17, 15) is 29.4 Å². The molecule has 4 rings (SSSR count). The molecule has 1 aromatic carbocycles. The van der Waals surface area contributed by atoms with E-state index >= 15 is 0 Å². The summed E-state index contributed by atoms with van der Waals surface area (Å²) in [5.74, 6) is -2.70. The number of nitrogens with one attached hydrogen (secondary N) is 4. The van der Waals surface area contributed by atoms with E-state index in [2.05, 4.69) is 20.9 Å². The van der Waals surface area contributed by atoms with Crippen molar-refractivity contribution >= 4 is 34.6 Å². The minimum atomic E-state index is -1.34. The number of carbonyl (C=O) groups is 4. The number of aromatic amines is 1. The van der Waals surface area contributed by atoms with E-state index < -0.39 is 42.5 Å². The molecule has 0 radical (unpaired) electrons. The van der Waals surface area contributed by atoms with Crippen LogP contribution in [-0.4, -0.2) is 87.7 Å². The van der Waals surface area contributed by atoms with Gasteiger partial charge in [0.25, 0.3) is 0 Å². The van der Waals surface area contributed by atoms with Gasteiger partial charge in [-0.3, -0.25) is 14.4 Å². The average molecular weight is 486 g/mol. The Bertz CT molecular complexity index is 1100. The summed E-state index contributed by atoms with van der Waals surface area (Å²) in [6.07, 6.45) is 4.47. The van der Waals surface area contributed by atoms with Crippen LogP contribution in [0, 0.1) is 0 Å². The van der Waals surface area contributed by atoms with Crippen molar-refractivity contribution in [2.75, 3.05) is 19.7 Å². The topological polar surface area (TPSA) is 164 Å². The summed E-state index contributed by atoms with van der Waals surface area (Å²) in [4.78, 5) is 55.0. The van der Waals surface area contributed by atoms with Crippen LogP contribution in [0.5, 0.6) is 0 Å². The molecule has 2 saturated heterocycles. The van der Waals surface area contributed by atoms with Crippen LogP contribution in [0.2, 0.25) is 0 Å². The van der Waals surface area contributed by atoms with Crippen molar-refractivity contribution in [1.82, 2.24) is 25.8 Å². The normalized spacial score (nSPS) is 21.6. The Morgan fingerprint density at radius 2 is 1.89 bits per heavy atom. The summed E-state index contributed by atoms with van der Waals surface area (Å²) in [5.41, 5.74) is 1.57. The van der Waals surface area contributed by atoms with E-state index in [1.54, 1.807) is 6.20 Å². The number of aliphatic carboxylic acids is 1. The molecule has 4 unspecified atom stereocenters. The maximum Gasteiger partial charge on any atom is 0.326 e. The van der Waals surface area contributed by atoms with Crippen molar-refractivity contribution < 1.29 is 29.4 Å². The number of aliphatic hydroxyl groups excluding tert-OH is 1. The summed E-state index contributed by atoms with van der Waals surface area (Å²) in [6, 6.07) is 3.79. The smallest absolute Gasteiger partial charge is 0.326 e. The first-order chi connectivity index (χ1) is 16.9. The number of carbonyl (C=O) groups excluding carboxylic acids is 3. The lowest BCUT2D eigenvalue weighted by Gasteiger charge is -2.28. The molecule has 2 aliphatic heterocycles. The van der Waals surface area contributed by atoms with Crippen LogP contribution in [0.15, 0.2) is 30.5 Å². The number of aromatic nitrogens is 1. The van der Waals surface area contributed by atoms with Gasteiger partial charge in [0.2, 0.25) is 17.7 Å². The molecule has 188 valence electrons. The van der Waals surface area contributed by atoms with Crippen LogP contribution < -0.4 is 16.0 Å². The third kappa shape index (κ3) is 5.46. The van der Waals surface area contributed by atoms with E-state index in [0.29, 0.717) is 19.4 Å². The Balaban J connectivity index is 1.39. The number of hydrogen-bond donors (Lipinski definition) is 6. The number of amides is 3. The molecule has 11 heteroatoms. The molecular formula is C24H31N5O6. The van der Waals surface area contributed by atoms with Gasteiger partial charge in [0.15, 0.2) is 0 Å². The molecule has 2 aliphatic rings. The standard InChI is InChI=1S/C24H31N5O6/c30-13-19(28-22(32)20-8-4-10-29(20)23(33)17-7-3-9-25-17)21(31)27-18(24(34)35)11-14-12-26-16-6-2-1-5-15(14)16/h1-2,5-6,12,17-20,25-26,30H,3-4,7-11,13H2,(H,27,31)(H,28,32)(H,34,35). The summed E-state index contributed by atoms with van der Waals surface area (Å²) in [6.45, 7) is 0.510. The van der Waals surface area contributed by atoms with Crippen LogP contribution >= 0.6 is 0 Å². The highest BCUT2D eigenvalue weighted by molar-refractivity contribution is 5.94. The molecular weight excluding hydrogens is 454 g/mol. The van der Waals surface area contributed by atoms with Gasteiger partial charge in [-0.15, -0.1) is 0 Å². The third-order valence-electron chi connectivity index (χ3n) is 6.73. The highest BCUT2D eigenvalue weighted by atomic mass is 16.4. The van der Waals surface area contributed by atoms with Gasteiger partial charge < -0.3 is 36.0 Å². The SMILES string of the molecule is O=C(O)C(Cc1c[nH]c2ccccc12)NC(=O)C(CO)NC(=O)C1CCCN1C(=O)C1CCCN1. The van der Waals surface area contributed by atoms with Gasteiger partial charge in [-0.05, 0) is 43.9 Å². The average Bonchev–Trinajstić information content (AvgIpc) is 3.62. The zero-order valence-corrected chi connectivity index (χ0v) is 19.3. The minimum absolute atomic E-state index is 0.0243. The third-order valence-corrected chi connectivity index (χ3v) is 6.73. The lowest BCUT2D eigenvalue weighted by molar-refractivity contribution is -0.143. The van der Waals surface area contributed by atoms with Gasteiger partial charge in [-0.2, -0.15) is 0 Å². The van der Waals surface area contributed by atoms with Crippen molar-refractivity contribution in [3.8, 4) is 0 Å². The molecule has 2 aromatic rings. The Hall–Kier alpha value is -3.44. The van der Waals surface area contributed by atoms with Crippen molar-refractivity contribution in [1.29, 1.82) is 0 Å². The second-order valence-corrected chi connectivity index (χ2v) is 9.05. The molecule has 3 heterocycles. The Morgan fingerprint density at radius 3 is 2.60 bits per heavy atom. The fourth-order valence-corrected chi connectivity index (χ4v) is 4.85. The molecule has 0 aliphatic carbocycles. The first-order valence-electron chi connectivity index (χ1n) is 11.9. The number of para-hydroxylation sites is 1. The Morgan fingerprint density at radius 1 is 1.09 bits per heavy atom. The quantitative estimate of drug-likeness (QED) is 0.279. The molecule has 6 N–H and O–H groups in total. The summed E-state index contributed by atoms with van der Waals surface area (Å²) in [7, 11) is 0. The number of carboxylic acids is 1. The minimum Gasteiger partial charge on any atom is -0.480 e. The van der Waals surface area contributed by atoms with Gasteiger partial charge in [0.1, 0.15) is 18.1 Å². The fraction of sp³-hybridized carbons (Fsp3) is 0.500. The lowest BCUT2D eigenvalue weighted by atomic mass is 10.0. The summed E-state index contributed by atoms with van der Waals surface area (Å²) < 4.78 is 0. The van der Waals surface area contributed by atoms with Crippen molar-refractivity contribution in [3.05, 3.63) is 36.0 Å². The first kappa shape index (κ1) is 24.7. The van der Waals surface area contributed by atoms with Crippen LogP contribution in [0.3, 0.4) is 0 Å². The van der Waals surface area contributed by atoms with E-state index in [0.717, 1.165) is 35.9 Å². The van der Waals surface area contributed by atoms with E-state index in [1.807, 2.05) is 24.3 Å². The van der Waals surface area contributed by atoms with Crippen molar-refractivity contribution in [2.45, 2.75) is 56.3 Å². The zero-order valence-electron chi connectivity index (χ0n) is 19.3. The van der Waals surface area contributed by atoms with Crippen LogP contribution in [0.4, 0.5) is 0 Å². The zero-order chi connectivity index (χ0) is 24.9. The monoisotopic (exact) mass is 485 g/mol. The molecule has 11 nitrogen and oxygen atoms in total. The number of aliphatic hydroxyl groups is 1. The van der Waals surface area contributed by atoms with E-state index in [-0.39, 0.29) is 18.4 Å². The number of fused-ring (bicyclic) bond motifs is 1. The van der Waals surface area contributed by atoms with Gasteiger partial charge in [-0.1, -0.05) is 18.2 Å². The summed E-state index contributed by atoms with van der Waals surface area (Å²) in [5, 5.41) is 28.4. The maximum atomic E-state index is 12.9. The Labute approximate surface area is 202 Å². The van der Waals surface area contributed by atoms with E-state index in [1.165, 1.54) is 4.90 Å². The molecule has 35 heavy (non-hydrogen) atoms. The predicted octanol–water partition coefficient (Wildman–Crippen LogP) is -0.500. The number of likely N-dealkylation sites (tertiary alicyclic amines) is 1. The van der Waals surface area contributed by atoms with Crippen LogP contribution in [0.25, 0.3) is 10.9 Å². The summed E-state index contributed by atoms with van der Waals surface area (Å²) >= 11 is 0. The number of nitrogens with zero attached hydrogens (tertiary/aromatic N) is 1. The van der Waals surface area contributed by atoms with Gasteiger partial charge in [-0.25, -0.2) is 4.79 Å². The predicted molar refractivity (Wildman–Crippen MR) is 126 cm³/mol. The lowest BCUT2D eigenvalue weighted by Crippen LogP contribution is -2.57. The van der Waals surface area contributed by atoms with Crippen LogP contribution in [0.1, 0.15) is 31.2 Å². The number of benzene rings is 1. The molecule has 1 aromatic heterocycles. The fourth-order valence-electron chi connectivity index (χ4n) is 4.85. The Kier molecular flexibility index (Phi) is 7.67. The van der Waals surface area contributed by atoms with Crippen LogP contribution in [-0.2, 0) is 25.6 Å². The number of carboxylic acid groups (broad SMARTS) is 1. The highest BCUT2D eigenvalue weighted by Gasteiger charge is 2.39. The van der Waals surface area contributed by atoms with E-state index in [4.69, 9.17) is 0 Å². The molecule has 0 spiro atoms. The number of hydrogen-bond acceptors (Lipinski definition) is 6. The largest absolute Gasteiger partial charge is 0.480 e. The molecule has 4 atom stereocenters. The highest BCUT2D eigenvalue weighted by Crippen LogP contribution is 2.21. The molecule has 0 bridgehead atoms. The first-order valence-corrected chi connectivity index (χ1v) is 11.9. The van der Waals surface area contributed by atoms with Crippen molar-refractivity contribution in [2.24, 2.45) is 0 Å². The van der Waals surface area contributed by atoms with Gasteiger partial charge >= 0.3 is 5.97 Å².